The molecule has 1 aromatic carbocycles. The highest BCUT2D eigenvalue weighted by Crippen LogP contribution is 2.22. The van der Waals surface area contributed by atoms with Crippen LogP contribution in [0.4, 0.5) is 0 Å². The summed E-state index contributed by atoms with van der Waals surface area (Å²) >= 11 is 0. The van der Waals surface area contributed by atoms with Gasteiger partial charge in [0, 0.05) is 18.3 Å². The summed E-state index contributed by atoms with van der Waals surface area (Å²) in [5, 5.41) is 12.1. The molecule has 1 aromatic heterocycles. The van der Waals surface area contributed by atoms with Crippen LogP contribution >= 0.6 is 0 Å². The minimum Gasteiger partial charge on any atom is -0.439 e. The van der Waals surface area contributed by atoms with E-state index in [4.69, 9.17) is 10.00 Å². The van der Waals surface area contributed by atoms with Crippen molar-refractivity contribution in [3.05, 3.63) is 53.7 Å². The molecule has 0 amide bonds. The third kappa shape index (κ3) is 3.56. The van der Waals surface area contributed by atoms with Crippen LogP contribution in [0.15, 0.2) is 42.6 Å². The third-order valence-electron chi connectivity index (χ3n) is 2.98. The third-order valence-corrected chi connectivity index (χ3v) is 2.98. The Balaban J connectivity index is 2.12. The molecule has 0 aliphatic rings. The highest BCUT2D eigenvalue weighted by Gasteiger charge is 2.06. The summed E-state index contributed by atoms with van der Waals surface area (Å²) in [6.07, 6.45) is 1.74. The van der Waals surface area contributed by atoms with Gasteiger partial charge in [-0.05, 0) is 49.4 Å². The van der Waals surface area contributed by atoms with Gasteiger partial charge in [0.25, 0.3) is 0 Å². The molecule has 0 spiro atoms. The van der Waals surface area contributed by atoms with Crippen LogP contribution in [0, 0.1) is 11.3 Å². The zero-order valence-electron chi connectivity index (χ0n) is 11.6. The predicted octanol–water partition coefficient (Wildman–Crippen LogP) is 3.42. The van der Waals surface area contributed by atoms with Crippen molar-refractivity contribution in [1.82, 2.24) is 10.3 Å². The van der Waals surface area contributed by atoms with Gasteiger partial charge in [0.2, 0.25) is 5.88 Å². The molecular weight excluding hydrogens is 250 g/mol. The number of aromatic nitrogens is 1. The van der Waals surface area contributed by atoms with Gasteiger partial charge < -0.3 is 10.1 Å². The van der Waals surface area contributed by atoms with E-state index in [1.807, 2.05) is 12.1 Å². The zero-order valence-corrected chi connectivity index (χ0v) is 11.6. The highest BCUT2D eigenvalue weighted by atomic mass is 16.5. The number of benzene rings is 1. The molecule has 4 nitrogen and oxygen atoms in total. The van der Waals surface area contributed by atoms with E-state index in [0.29, 0.717) is 17.2 Å². The van der Waals surface area contributed by atoms with E-state index >= 15 is 0 Å². The molecule has 4 heteroatoms. The van der Waals surface area contributed by atoms with Crippen molar-refractivity contribution in [3.63, 3.8) is 0 Å². The first-order valence-corrected chi connectivity index (χ1v) is 6.60. The van der Waals surface area contributed by atoms with Gasteiger partial charge in [-0.3, -0.25) is 0 Å². The Morgan fingerprint density at radius 3 is 2.70 bits per heavy atom. The van der Waals surface area contributed by atoms with Crippen LogP contribution in [0.1, 0.15) is 31.0 Å². The van der Waals surface area contributed by atoms with E-state index in [0.717, 1.165) is 12.1 Å². The van der Waals surface area contributed by atoms with Gasteiger partial charge in [0.1, 0.15) is 5.75 Å². The molecule has 0 bridgehead atoms. The lowest BCUT2D eigenvalue weighted by Gasteiger charge is -2.13. The fraction of sp³-hybridized carbons (Fsp3) is 0.250. The Hall–Kier alpha value is -2.38. The van der Waals surface area contributed by atoms with E-state index in [1.165, 1.54) is 0 Å². The van der Waals surface area contributed by atoms with Crippen LogP contribution in [0.3, 0.4) is 0 Å². The van der Waals surface area contributed by atoms with Gasteiger partial charge in [0.05, 0.1) is 11.6 Å². The number of nitriles is 1. The number of hydrogen-bond acceptors (Lipinski definition) is 4. The number of nitrogens with zero attached hydrogens (tertiary/aromatic N) is 2. The molecular formula is C16H17N3O. The largest absolute Gasteiger partial charge is 0.439 e. The minimum atomic E-state index is 0.256. The highest BCUT2D eigenvalue weighted by molar-refractivity contribution is 5.36. The molecule has 0 saturated heterocycles. The maximum absolute atomic E-state index is 8.76. The van der Waals surface area contributed by atoms with Crippen LogP contribution in [-0.2, 0) is 0 Å². The topological polar surface area (TPSA) is 57.9 Å². The quantitative estimate of drug-likeness (QED) is 0.901. The van der Waals surface area contributed by atoms with Crippen molar-refractivity contribution in [2.45, 2.75) is 19.9 Å². The standard InChI is InChI=1S/C16H17N3O/c1-3-18-12(2)14-8-9-19-16(10-14)20-15-6-4-13(11-17)5-7-15/h4-10,12,18H,3H2,1-2H3. The lowest BCUT2D eigenvalue weighted by atomic mass is 10.1. The van der Waals surface area contributed by atoms with Crippen LogP contribution in [-0.4, -0.2) is 11.5 Å². The number of hydrogen-bond donors (Lipinski definition) is 1. The second kappa shape index (κ2) is 6.69. The smallest absolute Gasteiger partial charge is 0.219 e. The van der Waals surface area contributed by atoms with Crippen LogP contribution in [0.25, 0.3) is 0 Å². The molecule has 20 heavy (non-hydrogen) atoms. The second-order valence-corrected chi connectivity index (χ2v) is 4.45. The molecule has 1 N–H and O–H groups in total. The lowest BCUT2D eigenvalue weighted by molar-refractivity contribution is 0.460. The van der Waals surface area contributed by atoms with Crippen molar-refractivity contribution in [2.75, 3.05) is 6.54 Å². The monoisotopic (exact) mass is 267 g/mol. The van der Waals surface area contributed by atoms with Gasteiger partial charge >= 0.3 is 0 Å². The van der Waals surface area contributed by atoms with Crippen molar-refractivity contribution in [2.24, 2.45) is 0 Å². The molecule has 0 saturated carbocycles. The van der Waals surface area contributed by atoms with Gasteiger partial charge in [0.15, 0.2) is 0 Å². The fourth-order valence-electron chi connectivity index (χ4n) is 1.89. The fourth-order valence-corrected chi connectivity index (χ4v) is 1.89. The Morgan fingerprint density at radius 2 is 2.05 bits per heavy atom. The summed E-state index contributed by atoms with van der Waals surface area (Å²) in [6.45, 7) is 5.09. The Morgan fingerprint density at radius 1 is 1.30 bits per heavy atom. The average molecular weight is 267 g/mol. The van der Waals surface area contributed by atoms with Crippen LogP contribution in [0.5, 0.6) is 11.6 Å². The van der Waals surface area contributed by atoms with Gasteiger partial charge in [-0.1, -0.05) is 6.92 Å². The maximum atomic E-state index is 8.76. The van der Waals surface area contributed by atoms with Crippen molar-refractivity contribution >= 4 is 0 Å². The Kier molecular flexibility index (Phi) is 4.70. The number of pyridine rings is 1. The van der Waals surface area contributed by atoms with E-state index in [-0.39, 0.29) is 6.04 Å². The van der Waals surface area contributed by atoms with Crippen LogP contribution in [0.2, 0.25) is 0 Å². The van der Waals surface area contributed by atoms with Crippen molar-refractivity contribution in [1.29, 1.82) is 5.26 Å². The first-order chi connectivity index (χ1) is 9.72. The summed E-state index contributed by atoms with van der Waals surface area (Å²) in [4.78, 5) is 4.20. The number of ether oxygens (including phenoxy) is 1. The van der Waals surface area contributed by atoms with Crippen molar-refractivity contribution < 1.29 is 4.74 Å². The number of rotatable bonds is 5. The van der Waals surface area contributed by atoms with Gasteiger partial charge in [-0.15, -0.1) is 0 Å². The zero-order chi connectivity index (χ0) is 14.4. The number of nitrogens with one attached hydrogen (secondary N) is 1. The normalized spacial score (nSPS) is 11.7. The van der Waals surface area contributed by atoms with Gasteiger partial charge in [-0.2, -0.15) is 5.26 Å². The average Bonchev–Trinajstić information content (AvgIpc) is 2.48. The molecule has 0 aliphatic carbocycles. The molecule has 102 valence electrons. The Bertz CT molecular complexity index is 602. The lowest BCUT2D eigenvalue weighted by Crippen LogP contribution is -2.17. The first-order valence-electron chi connectivity index (χ1n) is 6.60. The molecule has 2 aromatic rings. The predicted molar refractivity (Wildman–Crippen MR) is 77.6 cm³/mol. The summed E-state index contributed by atoms with van der Waals surface area (Å²) < 4.78 is 5.70. The van der Waals surface area contributed by atoms with E-state index in [9.17, 15) is 0 Å². The molecule has 0 fully saturated rings. The summed E-state index contributed by atoms with van der Waals surface area (Å²) in [5.41, 5.74) is 1.74. The molecule has 0 radical (unpaired) electrons. The SMILES string of the molecule is CCNC(C)c1ccnc(Oc2ccc(C#N)cc2)c1. The second-order valence-electron chi connectivity index (χ2n) is 4.45. The molecule has 2 rings (SSSR count). The van der Waals surface area contributed by atoms with Crippen LogP contribution < -0.4 is 10.1 Å². The first kappa shape index (κ1) is 14.0. The Labute approximate surface area is 119 Å². The molecule has 0 aliphatic heterocycles. The molecule has 1 heterocycles. The van der Waals surface area contributed by atoms with Crippen molar-refractivity contribution in [3.8, 4) is 17.7 Å². The van der Waals surface area contributed by atoms with E-state index in [2.05, 4.69) is 30.2 Å². The summed E-state index contributed by atoms with van der Waals surface area (Å²) in [5.74, 6) is 1.22. The molecule has 1 atom stereocenters. The van der Waals surface area contributed by atoms with Gasteiger partial charge in [-0.25, -0.2) is 4.98 Å². The molecule has 1 unspecified atom stereocenters. The minimum absolute atomic E-state index is 0.256. The maximum Gasteiger partial charge on any atom is 0.219 e. The van der Waals surface area contributed by atoms with E-state index in [1.54, 1.807) is 30.5 Å². The summed E-state index contributed by atoms with van der Waals surface area (Å²) in [6, 6.07) is 13.2. The van der Waals surface area contributed by atoms with E-state index < -0.39 is 0 Å². The summed E-state index contributed by atoms with van der Waals surface area (Å²) in [7, 11) is 0.